The monoisotopic (exact) mass is 481 g/mol. The molecule has 0 bridgehead atoms. The van der Waals surface area contributed by atoms with Crippen LogP contribution < -0.4 is 20.7 Å². The molecule has 3 N–H and O–H groups in total. The molecule has 1 fully saturated rings. The number of urea groups is 1. The molecule has 7 heteroatoms. The minimum absolute atomic E-state index is 0.357. The van der Waals surface area contributed by atoms with Gasteiger partial charge in [0.15, 0.2) is 0 Å². The van der Waals surface area contributed by atoms with Gasteiger partial charge in [-0.3, -0.25) is 9.69 Å². The van der Waals surface area contributed by atoms with E-state index in [9.17, 15) is 9.59 Å². The standard InChI is InChI=1S/C29H29N4O3/c1-2-36-23-14-15-24-25(18-23)33(29(30)35)28(34)26(24)27(21-8-4-3-5-9-21)31-22-12-10-20(11-13-22)19-32-16-6-7-17-32/h3-5,8-13,15,18,31H,2,6-7,16-17,19H2,1H3,(H2,30,35)/b27-26-. The Morgan fingerprint density at radius 2 is 1.81 bits per heavy atom. The SMILES string of the molecule is CCOc1[c]cc2c(c1)N(C(N)=O)C(=O)/C2=C(\Nc1ccc(CN2CCCC2)cc1)c1ccccc1. The maximum atomic E-state index is 13.6. The van der Waals surface area contributed by atoms with E-state index in [-0.39, 0.29) is 0 Å². The van der Waals surface area contributed by atoms with Gasteiger partial charge in [-0.1, -0.05) is 42.5 Å². The minimum atomic E-state index is -0.844. The number of hydrogen-bond donors (Lipinski definition) is 2. The van der Waals surface area contributed by atoms with Gasteiger partial charge in [0, 0.05) is 29.9 Å². The van der Waals surface area contributed by atoms with E-state index in [1.165, 1.54) is 18.4 Å². The normalized spacial score (nSPS) is 16.7. The van der Waals surface area contributed by atoms with Crippen LogP contribution in [0.2, 0.25) is 0 Å². The van der Waals surface area contributed by atoms with Crippen molar-refractivity contribution in [1.82, 2.24) is 4.90 Å². The van der Waals surface area contributed by atoms with Crippen LogP contribution in [0.4, 0.5) is 16.2 Å². The van der Waals surface area contributed by atoms with E-state index >= 15 is 0 Å². The van der Waals surface area contributed by atoms with Crippen molar-refractivity contribution in [3.05, 3.63) is 89.5 Å². The zero-order valence-corrected chi connectivity index (χ0v) is 20.3. The van der Waals surface area contributed by atoms with Gasteiger partial charge in [0.2, 0.25) is 0 Å². The fraction of sp³-hybridized carbons (Fsp3) is 0.241. The average Bonchev–Trinajstić information content (AvgIpc) is 3.49. The lowest BCUT2D eigenvalue weighted by molar-refractivity contribution is -0.112. The first-order chi connectivity index (χ1) is 17.5. The molecule has 0 aliphatic carbocycles. The molecule has 36 heavy (non-hydrogen) atoms. The molecule has 2 aliphatic heterocycles. The number of nitrogens with one attached hydrogen (secondary N) is 1. The number of primary amides is 1. The maximum absolute atomic E-state index is 13.6. The Balaban J connectivity index is 1.56. The highest BCUT2D eigenvalue weighted by atomic mass is 16.5. The van der Waals surface area contributed by atoms with Crippen molar-refractivity contribution in [1.29, 1.82) is 0 Å². The molecule has 0 spiro atoms. The molecule has 0 unspecified atom stereocenters. The molecule has 7 nitrogen and oxygen atoms in total. The van der Waals surface area contributed by atoms with Crippen molar-refractivity contribution in [3.63, 3.8) is 0 Å². The molecule has 2 aliphatic rings. The summed E-state index contributed by atoms with van der Waals surface area (Å²) >= 11 is 0. The number of ether oxygens (including phenoxy) is 1. The summed E-state index contributed by atoms with van der Waals surface area (Å²) < 4.78 is 5.55. The first kappa shape index (κ1) is 23.6. The second-order valence-electron chi connectivity index (χ2n) is 8.93. The van der Waals surface area contributed by atoms with E-state index in [0.717, 1.165) is 35.8 Å². The second kappa shape index (κ2) is 10.3. The van der Waals surface area contributed by atoms with Crippen LogP contribution in [0.25, 0.3) is 11.3 Å². The number of amides is 3. The van der Waals surface area contributed by atoms with Crippen LogP contribution in [-0.2, 0) is 11.3 Å². The third kappa shape index (κ3) is 4.70. The number of likely N-dealkylation sites (tertiary alicyclic amines) is 1. The number of rotatable bonds is 7. The number of nitrogens with zero attached hydrogens (tertiary/aromatic N) is 2. The van der Waals surface area contributed by atoms with E-state index < -0.39 is 11.9 Å². The van der Waals surface area contributed by atoms with Gasteiger partial charge in [-0.05, 0) is 62.2 Å². The van der Waals surface area contributed by atoms with Crippen molar-refractivity contribution < 1.29 is 14.3 Å². The molecule has 2 heterocycles. The Hall–Kier alpha value is -4.10. The summed E-state index contributed by atoms with van der Waals surface area (Å²) in [6, 6.07) is 23.4. The highest BCUT2D eigenvalue weighted by molar-refractivity contribution is 6.43. The number of benzene rings is 3. The second-order valence-corrected chi connectivity index (χ2v) is 8.93. The highest BCUT2D eigenvalue weighted by Crippen LogP contribution is 2.42. The molecule has 1 saturated heterocycles. The van der Waals surface area contributed by atoms with Crippen LogP contribution in [0.15, 0.2) is 66.7 Å². The quantitative estimate of drug-likeness (QED) is 0.469. The number of nitrogens with two attached hydrogens (primary N) is 1. The van der Waals surface area contributed by atoms with Crippen molar-refractivity contribution in [2.75, 3.05) is 29.9 Å². The number of anilines is 2. The topological polar surface area (TPSA) is 87.9 Å². The summed E-state index contributed by atoms with van der Waals surface area (Å²) in [4.78, 5) is 29.4. The first-order valence-electron chi connectivity index (χ1n) is 12.3. The summed E-state index contributed by atoms with van der Waals surface area (Å²) in [5.41, 5.74) is 10.4. The van der Waals surface area contributed by atoms with Gasteiger partial charge in [-0.15, -0.1) is 0 Å². The number of fused-ring (bicyclic) bond motifs is 1. The zero-order chi connectivity index (χ0) is 25.1. The lowest BCUT2D eigenvalue weighted by Crippen LogP contribution is -2.38. The molecule has 183 valence electrons. The van der Waals surface area contributed by atoms with Gasteiger partial charge in [0.1, 0.15) is 5.75 Å². The zero-order valence-electron chi connectivity index (χ0n) is 20.3. The van der Waals surface area contributed by atoms with Crippen LogP contribution in [0.3, 0.4) is 0 Å². The third-order valence-corrected chi connectivity index (χ3v) is 6.49. The first-order valence-corrected chi connectivity index (χ1v) is 12.3. The lowest BCUT2D eigenvalue weighted by Gasteiger charge is -2.17. The summed E-state index contributed by atoms with van der Waals surface area (Å²) in [5.74, 6) is -0.0454. The van der Waals surface area contributed by atoms with Crippen LogP contribution in [0, 0.1) is 6.07 Å². The Morgan fingerprint density at radius 1 is 1.08 bits per heavy atom. The Kier molecular flexibility index (Phi) is 6.73. The number of carbonyl (C=O) groups excluding carboxylic acids is 2. The van der Waals surface area contributed by atoms with E-state index in [1.807, 2.05) is 49.4 Å². The maximum Gasteiger partial charge on any atom is 0.326 e. The molecular weight excluding hydrogens is 452 g/mol. The van der Waals surface area contributed by atoms with Crippen molar-refractivity contribution in [3.8, 4) is 5.75 Å². The van der Waals surface area contributed by atoms with Crippen molar-refractivity contribution >= 4 is 34.6 Å². The fourth-order valence-electron chi connectivity index (χ4n) is 4.80. The summed E-state index contributed by atoms with van der Waals surface area (Å²) in [6.07, 6.45) is 2.52. The van der Waals surface area contributed by atoms with Crippen LogP contribution in [0.1, 0.15) is 36.5 Å². The lowest BCUT2D eigenvalue weighted by atomic mass is 10.00. The third-order valence-electron chi connectivity index (χ3n) is 6.49. The van der Waals surface area contributed by atoms with Gasteiger partial charge in [-0.25, -0.2) is 9.69 Å². The van der Waals surface area contributed by atoms with Gasteiger partial charge < -0.3 is 15.8 Å². The van der Waals surface area contributed by atoms with Crippen molar-refractivity contribution in [2.45, 2.75) is 26.3 Å². The molecule has 0 aromatic heterocycles. The van der Waals surface area contributed by atoms with E-state index in [0.29, 0.717) is 34.9 Å². The molecule has 5 rings (SSSR count). The molecule has 3 amide bonds. The molecule has 1 radical (unpaired) electrons. The Morgan fingerprint density at radius 3 is 2.47 bits per heavy atom. The van der Waals surface area contributed by atoms with Gasteiger partial charge in [0.25, 0.3) is 5.91 Å². The van der Waals surface area contributed by atoms with Gasteiger partial charge >= 0.3 is 6.03 Å². The Labute approximate surface area is 211 Å². The van der Waals surface area contributed by atoms with E-state index in [4.69, 9.17) is 10.5 Å². The molecule has 3 aromatic rings. The smallest absolute Gasteiger partial charge is 0.326 e. The highest BCUT2D eigenvalue weighted by Gasteiger charge is 2.38. The van der Waals surface area contributed by atoms with Crippen molar-refractivity contribution in [2.24, 2.45) is 5.73 Å². The van der Waals surface area contributed by atoms with E-state index in [1.54, 1.807) is 12.1 Å². The average molecular weight is 482 g/mol. The van der Waals surface area contributed by atoms with Crippen LogP contribution >= 0.6 is 0 Å². The van der Waals surface area contributed by atoms with Gasteiger partial charge in [-0.2, -0.15) is 0 Å². The molecule has 0 saturated carbocycles. The molecular formula is C29H29N4O3. The Bertz CT molecular complexity index is 1300. The number of imide groups is 1. The summed E-state index contributed by atoms with van der Waals surface area (Å²) in [5, 5.41) is 3.45. The predicted octanol–water partition coefficient (Wildman–Crippen LogP) is 4.89. The van der Waals surface area contributed by atoms with Crippen LogP contribution in [0.5, 0.6) is 5.75 Å². The fourth-order valence-corrected chi connectivity index (χ4v) is 4.80. The predicted molar refractivity (Wildman–Crippen MR) is 141 cm³/mol. The summed E-state index contributed by atoms with van der Waals surface area (Å²) in [7, 11) is 0. The van der Waals surface area contributed by atoms with Gasteiger partial charge in [0.05, 0.1) is 23.6 Å². The van der Waals surface area contributed by atoms with E-state index in [2.05, 4.69) is 28.4 Å². The number of hydrogen-bond acceptors (Lipinski definition) is 5. The minimum Gasteiger partial charge on any atom is -0.493 e. The van der Waals surface area contributed by atoms with Crippen LogP contribution in [-0.4, -0.2) is 36.5 Å². The summed E-state index contributed by atoms with van der Waals surface area (Å²) in [6.45, 7) is 5.52. The molecule has 0 atom stereocenters. The number of carbonyl (C=O) groups is 2. The molecule has 3 aromatic carbocycles. The largest absolute Gasteiger partial charge is 0.493 e.